The first-order valence-corrected chi connectivity index (χ1v) is 8.54. The third kappa shape index (κ3) is 3.72. The van der Waals surface area contributed by atoms with Crippen LogP contribution in [0.3, 0.4) is 0 Å². The van der Waals surface area contributed by atoms with Crippen molar-refractivity contribution in [1.82, 2.24) is 9.88 Å². The van der Waals surface area contributed by atoms with Crippen molar-refractivity contribution in [3.05, 3.63) is 52.0 Å². The van der Waals surface area contributed by atoms with Crippen LogP contribution in [0.25, 0.3) is 0 Å². The van der Waals surface area contributed by atoms with Crippen LogP contribution in [0.4, 0.5) is 0 Å². The highest BCUT2D eigenvalue weighted by atomic mass is 32.1. The standard InChI is InChI=1S/C17H20N2O2S/c20-17(21)15-7-4-10-19(15)11-14-12-22-16(18-14)9-8-13-5-2-1-3-6-13/h1-3,5-6,12,15H,4,7-11H2,(H,20,21)/t15-/m0/s1. The monoisotopic (exact) mass is 316 g/mol. The van der Waals surface area contributed by atoms with Crippen LogP contribution in [-0.2, 0) is 24.2 Å². The van der Waals surface area contributed by atoms with Gasteiger partial charge in [-0.1, -0.05) is 30.3 Å². The molecule has 0 saturated carbocycles. The molecule has 2 heterocycles. The molecule has 3 rings (SSSR count). The Morgan fingerprint density at radius 2 is 2.14 bits per heavy atom. The van der Waals surface area contributed by atoms with Gasteiger partial charge in [0.2, 0.25) is 0 Å². The number of likely N-dealkylation sites (tertiary alicyclic amines) is 1. The number of aromatic nitrogens is 1. The Morgan fingerprint density at radius 1 is 1.32 bits per heavy atom. The van der Waals surface area contributed by atoms with Crippen LogP contribution in [0.2, 0.25) is 0 Å². The van der Waals surface area contributed by atoms with Gasteiger partial charge in [-0.2, -0.15) is 0 Å². The van der Waals surface area contributed by atoms with E-state index in [1.165, 1.54) is 5.56 Å². The van der Waals surface area contributed by atoms with E-state index in [1.807, 2.05) is 11.0 Å². The summed E-state index contributed by atoms with van der Waals surface area (Å²) in [7, 11) is 0. The molecule has 1 fully saturated rings. The van der Waals surface area contributed by atoms with Gasteiger partial charge in [-0.3, -0.25) is 9.69 Å². The number of hydrogen-bond acceptors (Lipinski definition) is 4. The van der Waals surface area contributed by atoms with E-state index in [0.717, 1.165) is 42.9 Å². The molecule has 0 bridgehead atoms. The van der Waals surface area contributed by atoms with Crippen molar-refractivity contribution in [3.8, 4) is 0 Å². The second kappa shape index (κ2) is 7.03. The Labute approximate surface area is 134 Å². The van der Waals surface area contributed by atoms with E-state index in [0.29, 0.717) is 6.54 Å². The van der Waals surface area contributed by atoms with Gasteiger partial charge in [0.25, 0.3) is 0 Å². The summed E-state index contributed by atoms with van der Waals surface area (Å²) in [6.45, 7) is 1.51. The van der Waals surface area contributed by atoms with Crippen molar-refractivity contribution < 1.29 is 9.90 Å². The van der Waals surface area contributed by atoms with E-state index in [9.17, 15) is 9.90 Å². The predicted molar refractivity (Wildman–Crippen MR) is 87.0 cm³/mol. The smallest absolute Gasteiger partial charge is 0.320 e. The fourth-order valence-electron chi connectivity index (χ4n) is 2.94. The second-order valence-corrected chi connectivity index (χ2v) is 6.63. The lowest BCUT2D eigenvalue weighted by atomic mass is 10.1. The number of carboxylic acid groups (broad SMARTS) is 1. The van der Waals surface area contributed by atoms with Gasteiger partial charge in [-0.15, -0.1) is 11.3 Å². The molecule has 0 spiro atoms. The molecule has 0 unspecified atom stereocenters. The first-order chi connectivity index (χ1) is 10.7. The minimum atomic E-state index is -0.711. The molecule has 116 valence electrons. The molecule has 1 N–H and O–H groups in total. The molecule has 22 heavy (non-hydrogen) atoms. The van der Waals surface area contributed by atoms with Crippen LogP contribution < -0.4 is 0 Å². The van der Waals surface area contributed by atoms with Gasteiger partial charge in [-0.05, 0) is 31.4 Å². The highest BCUT2D eigenvalue weighted by molar-refractivity contribution is 7.09. The largest absolute Gasteiger partial charge is 0.480 e. The molecule has 1 aromatic carbocycles. The number of rotatable bonds is 6. The molecule has 1 aliphatic rings. The lowest BCUT2D eigenvalue weighted by Gasteiger charge is -2.19. The van der Waals surface area contributed by atoms with Crippen molar-refractivity contribution in [2.24, 2.45) is 0 Å². The Kier molecular flexibility index (Phi) is 4.85. The summed E-state index contributed by atoms with van der Waals surface area (Å²) < 4.78 is 0. The third-order valence-electron chi connectivity index (χ3n) is 4.08. The summed E-state index contributed by atoms with van der Waals surface area (Å²) in [5.74, 6) is -0.711. The average molecular weight is 316 g/mol. The van der Waals surface area contributed by atoms with Crippen molar-refractivity contribution in [3.63, 3.8) is 0 Å². The summed E-state index contributed by atoms with van der Waals surface area (Å²) in [5.41, 5.74) is 2.32. The van der Waals surface area contributed by atoms with Crippen LogP contribution in [0.15, 0.2) is 35.7 Å². The first kappa shape index (κ1) is 15.2. The van der Waals surface area contributed by atoms with Crippen molar-refractivity contribution in [2.75, 3.05) is 6.54 Å². The summed E-state index contributed by atoms with van der Waals surface area (Å²) in [6.07, 6.45) is 3.65. The Bertz CT molecular complexity index is 627. The van der Waals surface area contributed by atoms with Gasteiger partial charge in [0.05, 0.1) is 10.7 Å². The van der Waals surface area contributed by atoms with Gasteiger partial charge in [-0.25, -0.2) is 4.98 Å². The normalized spacial score (nSPS) is 18.6. The lowest BCUT2D eigenvalue weighted by Crippen LogP contribution is -2.35. The second-order valence-electron chi connectivity index (χ2n) is 5.68. The minimum Gasteiger partial charge on any atom is -0.480 e. The van der Waals surface area contributed by atoms with Crippen molar-refractivity contribution >= 4 is 17.3 Å². The van der Waals surface area contributed by atoms with Crippen LogP contribution >= 0.6 is 11.3 Å². The summed E-state index contributed by atoms with van der Waals surface area (Å²) in [4.78, 5) is 17.9. The molecule has 2 aromatic rings. The molecule has 0 radical (unpaired) electrons. The highest BCUT2D eigenvalue weighted by Gasteiger charge is 2.30. The average Bonchev–Trinajstić information content (AvgIpc) is 3.16. The van der Waals surface area contributed by atoms with Gasteiger partial charge in [0.1, 0.15) is 6.04 Å². The maximum absolute atomic E-state index is 11.2. The lowest BCUT2D eigenvalue weighted by molar-refractivity contribution is -0.142. The van der Waals surface area contributed by atoms with Crippen molar-refractivity contribution in [2.45, 2.75) is 38.3 Å². The number of carbonyl (C=O) groups is 1. The zero-order valence-electron chi connectivity index (χ0n) is 12.4. The number of thiazole rings is 1. The number of nitrogens with zero attached hydrogens (tertiary/aromatic N) is 2. The van der Waals surface area contributed by atoms with Crippen LogP contribution in [-0.4, -0.2) is 33.5 Å². The molecule has 0 aliphatic carbocycles. The van der Waals surface area contributed by atoms with Gasteiger partial charge in [0.15, 0.2) is 0 Å². The topological polar surface area (TPSA) is 53.4 Å². The molecule has 1 atom stereocenters. The van der Waals surface area contributed by atoms with Crippen molar-refractivity contribution in [1.29, 1.82) is 0 Å². The Balaban J connectivity index is 1.56. The maximum atomic E-state index is 11.2. The summed E-state index contributed by atoms with van der Waals surface area (Å²) in [5, 5.41) is 12.4. The van der Waals surface area contributed by atoms with E-state index in [4.69, 9.17) is 0 Å². The van der Waals surface area contributed by atoms with Gasteiger partial charge in [0, 0.05) is 18.3 Å². The Morgan fingerprint density at radius 3 is 2.91 bits per heavy atom. The molecule has 1 saturated heterocycles. The number of hydrogen-bond donors (Lipinski definition) is 1. The van der Waals surface area contributed by atoms with E-state index >= 15 is 0 Å². The molecule has 0 amide bonds. The van der Waals surface area contributed by atoms with Gasteiger partial charge >= 0.3 is 5.97 Å². The van der Waals surface area contributed by atoms with Crippen LogP contribution in [0, 0.1) is 0 Å². The van der Waals surface area contributed by atoms with Crippen LogP contribution in [0.5, 0.6) is 0 Å². The fourth-order valence-corrected chi connectivity index (χ4v) is 3.72. The highest BCUT2D eigenvalue weighted by Crippen LogP contribution is 2.21. The Hall–Kier alpha value is -1.72. The number of aryl methyl sites for hydroxylation is 2. The molecular weight excluding hydrogens is 296 g/mol. The van der Waals surface area contributed by atoms with Gasteiger partial charge < -0.3 is 5.11 Å². The molecule has 4 nitrogen and oxygen atoms in total. The SMILES string of the molecule is O=C(O)[C@@H]1CCCN1Cc1csc(CCc2ccccc2)n1. The zero-order chi connectivity index (χ0) is 15.4. The quantitative estimate of drug-likeness (QED) is 0.890. The van der Waals surface area contributed by atoms with E-state index in [2.05, 4.69) is 34.6 Å². The third-order valence-corrected chi connectivity index (χ3v) is 5.04. The summed E-state index contributed by atoms with van der Waals surface area (Å²) in [6, 6.07) is 10.1. The number of aliphatic carboxylic acids is 1. The fraction of sp³-hybridized carbons (Fsp3) is 0.412. The minimum absolute atomic E-state index is 0.338. The zero-order valence-corrected chi connectivity index (χ0v) is 13.3. The first-order valence-electron chi connectivity index (χ1n) is 7.66. The predicted octanol–water partition coefficient (Wildman–Crippen LogP) is 2.98. The maximum Gasteiger partial charge on any atom is 0.320 e. The summed E-state index contributed by atoms with van der Waals surface area (Å²) >= 11 is 1.68. The molecule has 5 heteroatoms. The molecular formula is C17H20N2O2S. The van der Waals surface area contributed by atoms with E-state index < -0.39 is 5.97 Å². The molecule has 1 aliphatic heterocycles. The number of carboxylic acids is 1. The molecule has 1 aromatic heterocycles. The number of benzene rings is 1. The van der Waals surface area contributed by atoms with E-state index in [1.54, 1.807) is 11.3 Å². The van der Waals surface area contributed by atoms with E-state index in [-0.39, 0.29) is 6.04 Å². The van der Waals surface area contributed by atoms with Crippen LogP contribution in [0.1, 0.15) is 29.1 Å².